The van der Waals surface area contributed by atoms with Crippen LogP contribution in [0.3, 0.4) is 0 Å². The lowest BCUT2D eigenvalue weighted by Crippen LogP contribution is -2.34. The summed E-state index contributed by atoms with van der Waals surface area (Å²) >= 11 is 0. The minimum atomic E-state index is 0.321. The summed E-state index contributed by atoms with van der Waals surface area (Å²) in [6, 6.07) is 14.2. The molecule has 0 aromatic heterocycles. The molecule has 3 heteroatoms. The Kier molecular flexibility index (Phi) is 3.84. The fraction of sp³-hybridized carbons (Fsp3) is 0.333. The summed E-state index contributed by atoms with van der Waals surface area (Å²) in [4.78, 5) is 2.49. The Morgan fingerprint density at radius 3 is 2.67 bits per heavy atom. The number of aromatic hydroxyl groups is 1. The molecule has 1 aliphatic heterocycles. The highest BCUT2D eigenvalue weighted by molar-refractivity contribution is 5.51. The van der Waals surface area contributed by atoms with E-state index >= 15 is 0 Å². The number of phenolic OH excluding ortho intramolecular Hbond substituents is 1. The van der Waals surface area contributed by atoms with E-state index in [1.165, 1.54) is 16.7 Å². The maximum absolute atomic E-state index is 9.46. The third-order valence-electron chi connectivity index (χ3n) is 4.44. The second-order valence-corrected chi connectivity index (χ2v) is 5.72. The molecule has 0 amide bonds. The summed E-state index contributed by atoms with van der Waals surface area (Å²) in [5, 5.41) is 9.46. The van der Waals surface area contributed by atoms with E-state index in [4.69, 9.17) is 5.73 Å². The van der Waals surface area contributed by atoms with E-state index in [9.17, 15) is 5.11 Å². The van der Waals surface area contributed by atoms with Crippen molar-refractivity contribution in [3.8, 4) is 5.75 Å². The van der Waals surface area contributed by atoms with Gasteiger partial charge in [0.05, 0.1) is 0 Å². The van der Waals surface area contributed by atoms with Crippen LogP contribution in [-0.2, 0) is 13.0 Å². The van der Waals surface area contributed by atoms with Crippen LogP contribution in [0.5, 0.6) is 5.75 Å². The van der Waals surface area contributed by atoms with Crippen molar-refractivity contribution in [2.24, 2.45) is 0 Å². The highest BCUT2D eigenvalue weighted by Gasteiger charge is 2.24. The molecule has 0 radical (unpaired) electrons. The molecule has 0 spiro atoms. The maximum atomic E-state index is 9.46. The second kappa shape index (κ2) is 5.78. The van der Waals surface area contributed by atoms with Crippen molar-refractivity contribution in [3.63, 3.8) is 0 Å². The molecule has 0 saturated heterocycles. The number of phenols is 1. The Labute approximate surface area is 126 Å². The third-order valence-corrected chi connectivity index (χ3v) is 4.44. The zero-order chi connectivity index (χ0) is 14.8. The minimum Gasteiger partial charge on any atom is -0.508 e. The van der Waals surface area contributed by atoms with Gasteiger partial charge >= 0.3 is 0 Å². The first-order valence-electron chi connectivity index (χ1n) is 7.58. The molecule has 1 aliphatic rings. The molecule has 0 aliphatic carbocycles. The topological polar surface area (TPSA) is 49.5 Å². The Morgan fingerprint density at radius 1 is 1.19 bits per heavy atom. The number of nitrogens with two attached hydrogens (primary N) is 1. The maximum Gasteiger partial charge on any atom is 0.115 e. The van der Waals surface area contributed by atoms with Gasteiger partial charge in [0.25, 0.3) is 0 Å². The van der Waals surface area contributed by atoms with Gasteiger partial charge in [-0.1, -0.05) is 31.2 Å². The van der Waals surface area contributed by atoms with Crippen LogP contribution in [0.25, 0.3) is 0 Å². The summed E-state index contributed by atoms with van der Waals surface area (Å²) in [6.07, 6.45) is 2.10. The molecule has 0 saturated carbocycles. The van der Waals surface area contributed by atoms with Crippen LogP contribution in [0.15, 0.2) is 42.5 Å². The number of nitrogen functional groups attached to an aromatic ring is 1. The monoisotopic (exact) mass is 282 g/mol. The van der Waals surface area contributed by atoms with Gasteiger partial charge in [-0.15, -0.1) is 0 Å². The van der Waals surface area contributed by atoms with Crippen molar-refractivity contribution in [3.05, 3.63) is 59.2 Å². The third kappa shape index (κ3) is 2.74. The van der Waals surface area contributed by atoms with Gasteiger partial charge in [-0.05, 0) is 47.7 Å². The highest BCUT2D eigenvalue weighted by Crippen LogP contribution is 2.32. The molecule has 1 heterocycles. The van der Waals surface area contributed by atoms with Gasteiger partial charge in [0, 0.05) is 24.8 Å². The second-order valence-electron chi connectivity index (χ2n) is 5.72. The molecule has 1 atom stereocenters. The average molecular weight is 282 g/mol. The molecule has 110 valence electrons. The zero-order valence-electron chi connectivity index (χ0n) is 12.4. The van der Waals surface area contributed by atoms with Gasteiger partial charge in [-0.3, -0.25) is 4.90 Å². The van der Waals surface area contributed by atoms with Crippen molar-refractivity contribution in [2.75, 3.05) is 12.3 Å². The molecule has 21 heavy (non-hydrogen) atoms. The minimum absolute atomic E-state index is 0.321. The molecule has 2 aromatic carbocycles. The van der Waals surface area contributed by atoms with Crippen molar-refractivity contribution in [1.29, 1.82) is 0 Å². The number of nitrogens with zero attached hydrogens (tertiary/aromatic N) is 1. The summed E-state index contributed by atoms with van der Waals surface area (Å²) < 4.78 is 0. The fourth-order valence-corrected chi connectivity index (χ4v) is 3.29. The van der Waals surface area contributed by atoms with E-state index in [2.05, 4.69) is 17.9 Å². The number of fused-ring (bicyclic) bond motifs is 1. The van der Waals surface area contributed by atoms with Crippen molar-refractivity contribution in [1.82, 2.24) is 4.90 Å². The molecule has 1 unspecified atom stereocenters. The molecule has 3 rings (SSSR count). The lowest BCUT2D eigenvalue weighted by molar-refractivity contribution is 0.175. The molecule has 2 aromatic rings. The van der Waals surface area contributed by atoms with Gasteiger partial charge < -0.3 is 10.8 Å². The lowest BCUT2D eigenvalue weighted by atomic mass is 9.94. The van der Waals surface area contributed by atoms with Crippen LogP contribution in [0, 0.1) is 0 Å². The lowest BCUT2D eigenvalue weighted by Gasteiger charge is -2.36. The quantitative estimate of drug-likeness (QED) is 0.847. The molecular weight excluding hydrogens is 260 g/mol. The number of hydrogen-bond acceptors (Lipinski definition) is 3. The van der Waals surface area contributed by atoms with E-state index in [0.29, 0.717) is 11.8 Å². The number of benzene rings is 2. The largest absolute Gasteiger partial charge is 0.508 e. The summed E-state index contributed by atoms with van der Waals surface area (Å²) in [5.74, 6) is 0.321. The SMILES string of the molecule is CCC(c1ccc(O)cc1)N1CCc2cccc(N)c2C1. The van der Waals surface area contributed by atoms with Crippen LogP contribution in [-0.4, -0.2) is 16.6 Å². The van der Waals surface area contributed by atoms with Crippen molar-refractivity contribution >= 4 is 5.69 Å². The van der Waals surface area contributed by atoms with Crippen LogP contribution in [0.4, 0.5) is 5.69 Å². The fourth-order valence-electron chi connectivity index (χ4n) is 3.29. The predicted molar refractivity (Wildman–Crippen MR) is 86.1 cm³/mol. The first kappa shape index (κ1) is 14.0. The van der Waals surface area contributed by atoms with Crippen LogP contribution in [0.2, 0.25) is 0 Å². The van der Waals surface area contributed by atoms with Gasteiger partial charge in [0.2, 0.25) is 0 Å². The smallest absolute Gasteiger partial charge is 0.115 e. The Morgan fingerprint density at radius 2 is 1.95 bits per heavy atom. The summed E-state index contributed by atoms with van der Waals surface area (Å²) in [5.41, 5.74) is 11.0. The van der Waals surface area contributed by atoms with Crippen molar-refractivity contribution in [2.45, 2.75) is 32.4 Å². The molecule has 0 bridgehead atoms. The Hall–Kier alpha value is -2.00. The predicted octanol–water partition coefficient (Wildman–Crippen LogP) is 3.48. The number of hydrogen-bond donors (Lipinski definition) is 2. The van der Waals surface area contributed by atoms with Crippen molar-refractivity contribution < 1.29 is 5.11 Å². The summed E-state index contributed by atoms with van der Waals surface area (Å²) in [6.45, 7) is 4.17. The molecule has 3 nitrogen and oxygen atoms in total. The van der Waals surface area contributed by atoms with E-state index in [1.807, 2.05) is 24.3 Å². The molecule has 0 fully saturated rings. The van der Waals surface area contributed by atoms with Gasteiger partial charge in [-0.25, -0.2) is 0 Å². The first-order valence-corrected chi connectivity index (χ1v) is 7.58. The van der Waals surface area contributed by atoms with Crippen LogP contribution in [0.1, 0.15) is 36.1 Å². The van der Waals surface area contributed by atoms with Crippen LogP contribution >= 0.6 is 0 Å². The number of rotatable bonds is 3. The van der Waals surface area contributed by atoms with E-state index in [-0.39, 0.29) is 0 Å². The highest BCUT2D eigenvalue weighted by atomic mass is 16.3. The Bertz CT molecular complexity index is 622. The van der Waals surface area contributed by atoms with E-state index in [0.717, 1.165) is 31.6 Å². The van der Waals surface area contributed by atoms with E-state index < -0.39 is 0 Å². The van der Waals surface area contributed by atoms with Gasteiger partial charge in [0.15, 0.2) is 0 Å². The molecular formula is C18H22N2O. The average Bonchev–Trinajstić information content (AvgIpc) is 2.51. The van der Waals surface area contributed by atoms with Gasteiger partial charge in [-0.2, -0.15) is 0 Å². The molecule has 3 N–H and O–H groups in total. The number of anilines is 1. The Balaban J connectivity index is 1.86. The standard InChI is InChI=1S/C18H22N2O/c1-2-18(14-6-8-15(21)9-7-14)20-11-10-13-4-3-5-17(19)16(13)12-20/h3-9,18,21H,2,10-12,19H2,1H3. The van der Waals surface area contributed by atoms with Crippen LogP contribution < -0.4 is 5.73 Å². The first-order chi connectivity index (χ1) is 10.2. The zero-order valence-corrected chi connectivity index (χ0v) is 12.4. The normalized spacial score (nSPS) is 16.4. The summed E-state index contributed by atoms with van der Waals surface area (Å²) in [7, 11) is 0. The van der Waals surface area contributed by atoms with Gasteiger partial charge in [0.1, 0.15) is 5.75 Å². The van der Waals surface area contributed by atoms with E-state index in [1.54, 1.807) is 12.1 Å².